The fourth-order valence-corrected chi connectivity index (χ4v) is 2.04. The molecule has 0 bridgehead atoms. The average Bonchev–Trinajstić information content (AvgIpc) is 2.45. The molecule has 4 nitrogen and oxygen atoms in total. The van der Waals surface area contributed by atoms with Crippen LogP contribution in [0.4, 0.5) is 11.6 Å². The number of nitrogens with zero attached hydrogens (tertiary/aromatic N) is 3. The molecule has 1 aliphatic heterocycles. The molecule has 1 saturated heterocycles. The van der Waals surface area contributed by atoms with Crippen LogP contribution in [0, 0.1) is 0 Å². The van der Waals surface area contributed by atoms with E-state index in [1.165, 1.54) is 19.2 Å². The predicted octanol–water partition coefficient (Wildman–Crippen LogP) is 1.44. The summed E-state index contributed by atoms with van der Waals surface area (Å²) in [6.45, 7) is 5.53. The third-order valence-electron chi connectivity index (χ3n) is 2.85. The van der Waals surface area contributed by atoms with Crippen LogP contribution in [0.2, 0.25) is 0 Å². The summed E-state index contributed by atoms with van der Waals surface area (Å²) in [5.41, 5.74) is 5.83. The molecule has 0 spiro atoms. The molecule has 76 valence electrons. The summed E-state index contributed by atoms with van der Waals surface area (Å²) >= 11 is 0. The summed E-state index contributed by atoms with van der Waals surface area (Å²) in [5, 5.41) is 0. The molecule has 14 heavy (non-hydrogen) atoms. The first-order valence-corrected chi connectivity index (χ1v) is 4.95. The van der Waals surface area contributed by atoms with E-state index in [1.54, 1.807) is 0 Å². The van der Waals surface area contributed by atoms with Crippen molar-refractivity contribution in [2.24, 2.45) is 0 Å². The van der Waals surface area contributed by atoms with Gasteiger partial charge in [-0.3, -0.25) is 0 Å². The van der Waals surface area contributed by atoms with Crippen LogP contribution < -0.4 is 10.6 Å². The van der Waals surface area contributed by atoms with Crippen molar-refractivity contribution in [2.75, 3.05) is 17.2 Å². The van der Waals surface area contributed by atoms with E-state index in [9.17, 15) is 0 Å². The van der Waals surface area contributed by atoms with Crippen LogP contribution in [0.1, 0.15) is 26.7 Å². The SMILES string of the molecule is CC1(C)CCCN1c1cc(N)ncn1. The number of hydrogen-bond donors (Lipinski definition) is 1. The fourth-order valence-electron chi connectivity index (χ4n) is 2.04. The molecule has 0 unspecified atom stereocenters. The Balaban J connectivity index is 2.31. The van der Waals surface area contributed by atoms with Gasteiger partial charge in [0.2, 0.25) is 0 Å². The van der Waals surface area contributed by atoms with E-state index in [0.717, 1.165) is 12.4 Å². The molecule has 0 saturated carbocycles. The lowest BCUT2D eigenvalue weighted by Crippen LogP contribution is -2.38. The second-order valence-electron chi connectivity index (χ2n) is 4.37. The minimum Gasteiger partial charge on any atom is -0.384 e. The lowest BCUT2D eigenvalue weighted by atomic mass is 10.0. The van der Waals surface area contributed by atoms with Crippen molar-refractivity contribution in [3.63, 3.8) is 0 Å². The summed E-state index contributed by atoms with van der Waals surface area (Å²) in [5.74, 6) is 1.48. The predicted molar refractivity (Wildman–Crippen MR) is 57.1 cm³/mol. The van der Waals surface area contributed by atoms with Gasteiger partial charge in [0, 0.05) is 18.2 Å². The Bertz CT molecular complexity index is 335. The molecule has 2 N–H and O–H groups in total. The minimum atomic E-state index is 0.195. The van der Waals surface area contributed by atoms with Gasteiger partial charge in [-0.2, -0.15) is 0 Å². The average molecular weight is 192 g/mol. The van der Waals surface area contributed by atoms with Gasteiger partial charge in [0.25, 0.3) is 0 Å². The molecule has 1 fully saturated rings. The van der Waals surface area contributed by atoms with Gasteiger partial charge in [0.15, 0.2) is 0 Å². The maximum Gasteiger partial charge on any atom is 0.134 e. The van der Waals surface area contributed by atoms with Crippen LogP contribution in [-0.2, 0) is 0 Å². The van der Waals surface area contributed by atoms with Crippen LogP contribution in [0.5, 0.6) is 0 Å². The van der Waals surface area contributed by atoms with Gasteiger partial charge in [0.1, 0.15) is 18.0 Å². The van der Waals surface area contributed by atoms with E-state index in [-0.39, 0.29) is 5.54 Å². The molecule has 2 heterocycles. The Morgan fingerprint density at radius 3 is 2.79 bits per heavy atom. The summed E-state index contributed by atoms with van der Waals surface area (Å²) in [7, 11) is 0. The summed E-state index contributed by atoms with van der Waals surface area (Å²) in [6.07, 6.45) is 3.95. The first kappa shape index (κ1) is 9.24. The highest BCUT2D eigenvalue weighted by molar-refractivity contribution is 5.48. The molecular formula is C10H16N4. The van der Waals surface area contributed by atoms with Crippen LogP contribution in [-0.4, -0.2) is 22.1 Å². The van der Waals surface area contributed by atoms with Gasteiger partial charge in [-0.15, -0.1) is 0 Å². The molecule has 0 aliphatic carbocycles. The van der Waals surface area contributed by atoms with Gasteiger partial charge < -0.3 is 10.6 Å². The van der Waals surface area contributed by atoms with Crippen molar-refractivity contribution in [1.82, 2.24) is 9.97 Å². The normalized spacial score (nSPS) is 20.0. The molecule has 1 aromatic heterocycles. The Morgan fingerprint density at radius 2 is 2.21 bits per heavy atom. The second-order valence-corrected chi connectivity index (χ2v) is 4.37. The quantitative estimate of drug-likeness (QED) is 0.731. The summed E-state index contributed by atoms with van der Waals surface area (Å²) < 4.78 is 0. The third-order valence-corrected chi connectivity index (χ3v) is 2.85. The van der Waals surface area contributed by atoms with Crippen molar-refractivity contribution in [3.8, 4) is 0 Å². The van der Waals surface area contributed by atoms with E-state index in [4.69, 9.17) is 5.73 Å². The van der Waals surface area contributed by atoms with Crippen molar-refractivity contribution in [1.29, 1.82) is 0 Å². The van der Waals surface area contributed by atoms with Crippen LogP contribution >= 0.6 is 0 Å². The molecule has 1 aliphatic rings. The standard InChI is InChI=1S/C10H16N4/c1-10(2)4-3-5-14(10)9-6-8(11)12-7-13-9/h6-7H,3-5H2,1-2H3,(H2,11,12,13). The van der Waals surface area contributed by atoms with E-state index in [1.807, 2.05) is 6.07 Å². The molecule has 4 heteroatoms. The largest absolute Gasteiger partial charge is 0.384 e. The van der Waals surface area contributed by atoms with Crippen molar-refractivity contribution in [2.45, 2.75) is 32.2 Å². The summed E-state index contributed by atoms with van der Waals surface area (Å²) in [6, 6.07) is 1.84. The zero-order valence-corrected chi connectivity index (χ0v) is 8.70. The zero-order chi connectivity index (χ0) is 10.2. The molecule has 0 amide bonds. The van der Waals surface area contributed by atoms with Crippen LogP contribution in [0.15, 0.2) is 12.4 Å². The fraction of sp³-hybridized carbons (Fsp3) is 0.600. The first-order chi connectivity index (χ1) is 6.59. The zero-order valence-electron chi connectivity index (χ0n) is 8.70. The van der Waals surface area contributed by atoms with Gasteiger partial charge in [0.05, 0.1) is 0 Å². The molecular weight excluding hydrogens is 176 g/mol. The first-order valence-electron chi connectivity index (χ1n) is 4.95. The van der Waals surface area contributed by atoms with Gasteiger partial charge in [-0.25, -0.2) is 9.97 Å². The number of rotatable bonds is 1. The van der Waals surface area contributed by atoms with Gasteiger partial charge in [-0.05, 0) is 26.7 Å². The maximum absolute atomic E-state index is 5.64. The van der Waals surface area contributed by atoms with Crippen LogP contribution in [0.25, 0.3) is 0 Å². The van der Waals surface area contributed by atoms with Crippen molar-refractivity contribution in [3.05, 3.63) is 12.4 Å². The van der Waals surface area contributed by atoms with Crippen LogP contribution in [0.3, 0.4) is 0 Å². The Morgan fingerprint density at radius 1 is 1.43 bits per heavy atom. The summed E-state index contributed by atoms with van der Waals surface area (Å²) in [4.78, 5) is 10.4. The molecule has 0 radical (unpaired) electrons. The number of anilines is 2. The third kappa shape index (κ3) is 1.52. The Labute approximate surface area is 84.2 Å². The lowest BCUT2D eigenvalue weighted by molar-refractivity contribution is 0.514. The highest BCUT2D eigenvalue weighted by Gasteiger charge is 2.32. The Hall–Kier alpha value is -1.32. The minimum absolute atomic E-state index is 0.195. The Kier molecular flexibility index (Phi) is 2.06. The van der Waals surface area contributed by atoms with Crippen molar-refractivity contribution < 1.29 is 0 Å². The van der Waals surface area contributed by atoms with E-state index < -0.39 is 0 Å². The number of hydrogen-bond acceptors (Lipinski definition) is 4. The van der Waals surface area contributed by atoms with Crippen molar-refractivity contribution >= 4 is 11.6 Å². The van der Waals surface area contributed by atoms with E-state index in [2.05, 4.69) is 28.7 Å². The number of nitrogen functional groups attached to an aromatic ring is 1. The highest BCUT2D eigenvalue weighted by Crippen LogP contribution is 2.32. The second kappa shape index (κ2) is 3.12. The molecule has 2 rings (SSSR count). The lowest BCUT2D eigenvalue weighted by Gasteiger charge is -2.32. The maximum atomic E-state index is 5.64. The smallest absolute Gasteiger partial charge is 0.134 e. The molecule has 1 aromatic rings. The van der Waals surface area contributed by atoms with Gasteiger partial charge in [-0.1, -0.05) is 0 Å². The molecule has 0 aromatic carbocycles. The van der Waals surface area contributed by atoms with E-state index in [0.29, 0.717) is 5.82 Å². The number of nitrogens with two attached hydrogens (primary N) is 1. The number of aromatic nitrogens is 2. The highest BCUT2D eigenvalue weighted by atomic mass is 15.3. The van der Waals surface area contributed by atoms with E-state index >= 15 is 0 Å². The topological polar surface area (TPSA) is 55.0 Å². The monoisotopic (exact) mass is 192 g/mol. The molecule has 0 atom stereocenters. The van der Waals surface area contributed by atoms with Gasteiger partial charge >= 0.3 is 0 Å².